The highest BCUT2D eigenvalue weighted by atomic mass is 35.5. The fourth-order valence-electron chi connectivity index (χ4n) is 1.58. The van der Waals surface area contributed by atoms with Crippen LogP contribution in [-0.2, 0) is 11.3 Å². The van der Waals surface area contributed by atoms with Gasteiger partial charge < -0.3 is 15.4 Å². The first-order valence-electron chi connectivity index (χ1n) is 5.25. The summed E-state index contributed by atoms with van der Waals surface area (Å²) in [4.78, 5) is 11.2. The Kier molecular flexibility index (Phi) is 3.66. The molecular formula is C12H13ClN2O2. The summed E-state index contributed by atoms with van der Waals surface area (Å²) in [5.41, 5.74) is 1.76. The van der Waals surface area contributed by atoms with E-state index in [0.29, 0.717) is 29.6 Å². The molecule has 0 unspecified atom stereocenters. The van der Waals surface area contributed by atoms with E-state index in [9.17, 15) is 4.79 Å². The first-order valence-corrected chi connectivity index (χ1v) is 5.62. The van der Waals surface area contributed by atoms with E-state index < -0.39 is 0 Å². The van der Waals surface area contributed by atoms with Gasteiger partial charge in [0.25, 0.3) is 5.91 Å². The lowest BCUT2D eigenvalue weighted by Gasteiger charge is -2.18. The van der Waals surface area contributed by atoms with Crippen LogP contribution < -0.4 is 15.4 Å². The number of hydrogen-bond donors (Lipinski definition) is 2. The number of carbonyl (C=O) groups is 1. The average molecular weight is 253 g/mol. The number of rotatable bonds is 4. The molecule has 1 amide bonds. The second kappa shape index (κ2) is 5.21. The first kappa shape index (κ1) is 12.0. The summed E-state index contributed by atoms with van der Waals surface area (Å²) in [5, 5.41) is 6.47. The van der Waals surface area contributed by atoms with Crippen molar-refractivity contribution in [3.05, 3.63) is 35.4 Å². The molecule has 0 spiro atoms. The Hall–Kier alpha value is -1.52. The third-order valence-corrected chi connectivity index (χ3v) is 2.46. The zero-order valence-corrected chi connectivity index (χ0v) is 10.0. The molecule has 90 valence electrons. The zero-order valence-electron chi connectivity index (χ0n) is 9.25. The van der Waals surface area contributed by atoms with E-state index in [0.717, 1.165) is 5.56 Å². The Labute approximate surface area is 105 Å². The molecule has 2 rings (SSSR count). The number of hydrogen-bond acceptors (Lipinski definition) is 3. The molecule has 5 heteroatoms. The van der Waals surface area contributed by atoms with Crippen LogP contribution in [0, 0.1) is 0 Å². The molecule has 4 nitrogen and oxygen atoms in total. The summed E-state index contributed by atoms with van der Waals surface area (Å²) >= 11 is 5.64. The van der Waals surface area contributed by atoms with Crippen molar-refractivity contribution in [2.24, 2.45) is 0 Å². The van der Waals surface area contributed by atoms with E-state index in [1.165, 1.54) is 0 Å². The number of ether oxygens (including phenoxy) is 1. The minimum atomic E-state index is -0.128. The van der Waals surface area contributed by atoms with E-state index in [1.807, 2.05) is 18.2 Å². The van der Waals surface area contributed by atoms with Gasteiger partial charge in [0.05, 0.1) is 5.69 Å². The molecule has 0 radical (unpaired) electrons. The van der Waals surface area contributed by atoms with Gasteiger partial charge in [0, 0.05) is 18.1 Å². The largest absolute Gasteiger partial charge is 0.482 e. The molecule has 0 saturated heterocycles. The standard InChI is InChI=1S/C12H13ClN2O2/c1-8(13)5-14-6-9-2-3-11-10(4-9)15-12(16)7-17-11/h2-4,14H,1,5-7H2,(H,15,16). The number of nitrogens with one attached hydrogen (secondary N) is 2. The predicted molar refractivity (Wildman–Crippen MR) is 67.3 cm³/mol. The van der Waals surface area contributed by atoms with Crippen LogP contribution in [0.1, 0.15) is 5.56 Å². The van der Waals surface area contributed by atoms with Gasteiger partial charge in [-0.1, -0.05) is 24.2 Å². The number of halogens is 1. The average Bonchev–Trinajstić information content (AvgIpc) is 2.28. The highest BCUT2D eigenvalue weighted by Crippen LogP contribution is 2.28. The summed E-state index contributed by atoms with van der Waals surface area (Å²) in [6, 6.07) is 5.68. The third kappa shape index (κ3) is 3.22. The molecule has 0 atom stereocenters. The monoisotopic (exact) mass is 252 g/mol. The van der Waals surface area contributed by atoms with Crippen LogP contribution in [0.25, 0.3) is 0 Å². The minimum absolute atomic E-state index is 0.0800. The maximum atomic E-state index is 11.2. The third-order valence-electron chi connectivity index (χ3n) is 2.32. The van der Waals surface area contributed by atoms with Gasteiger partial charge >= 0.3 is 0 Å². The maximum Gasteiger partial charge on any atom is 0.262 e. The van der Waals surface area contributed by atoms with E-state index in [4.69, 9.17) is 16.3 Å². The second-order valence-electron chi connectivity index (χ2n) is 3.79. The van der Waals surface area contributed by atoms with Crippen LogP contribution >= 0.6 is 11.6 Å². The van der Waals surface area contributed by atoms with Crippen molar-refractivity contribution in [1.29, 1.82) is 0 Å². The van der Waals surface area contributed by atoms with E-state index in [2.05, 4.69) is 17.2 Å². The maximum absolute atomic E-state index is 11.2. The molecule has 0 saturated carbocycles. The lowest BCUT2D eigenvalue weighted by Crippen LogP contribution is -2.25. The molecule has 1 heterocycles. The molecule has 1 aromatic carbocycles. The molecule has 1 aliphatic heterocycles. The van der Waals surface area contributed by atoms with Crippen LogP contribution in [0.2, 0.25) is 0 Å². The summed E-state index contributed by atoms with van der Waals surface area (Å²) < 4.78 is 5.27. The van der Waals surface area contributed by atoms with Crippen molar-refractivity contribution in [1.82, 2.24) is 5.32 Å². The Morgan fingerprint density at radius 2 is 2.41 bits per heavy atom. The molecule has 0 fully saturated rings. The molecule has 0 bridgehead atoms. The van der Waals surface area contributed by atoms with Crippen molar-refractivity contribution in [2.45, 2.75) is 6.54 Å². The fraction of sp³-hybridized carbons (Fsp3) is 0.250. The van der Waals surface area contributed by atoms with Gasteiger partial charge in [-0.05, 0) is 17.7 Å². The van der Waals surface area contributed by atoms with Crippen molar-refractivity contribution >= 4 is 23.2 Å². The van der Waals surface area contributed by atoms with Gasteiger partial charge in [0.15, 0.2) is 6.61 Å². The van der Waals surface area contributed by atoms with Gasteiger partial charge in [-0.15, -0.1) is 0 Å². The van der Waals surface area contributed by atoms with Gasteiger partial charge in [0.1, 0.15) is 5.75 Å². The molecule has 1 aliphatic rings. The van der Waals surface area contributed by atoms with Crippen molar-refractivity contribution < 1.29 is 9.53 Å². The lowest BCUT2D eigenvalue weighted by molar-refractivity contribution is -0.118. The zero-order chi connectivity index (χ0) is 12.3. The van der Waals surface area contributed by atoms with Crippen LogP contribution in [0.3, 0.4) is 0 Å². The second-order valence-corrected chi connectivity index (χ2v) is 4.32. The molecule has 1 aromatic rings. The van der Waals surface area contributed by atoms with Gasteiger partial charge in [-0.2, -0.15) is 0 Å². The highest BCUT2D eigenvalue weighted by Gasteiger charge is 2.15. The Balaban J connectivity index is 2.02. The SMILES string of the molecule is C=C(Cl)CNCc1ccc2c(c1)NC(=O)CO2. The number of benzene rings is 1. The van der Waals surface area contributed by atoms with Crippen molar-refractivity contribution in [3.8, 4) is 5.75 Å². The number of amides is 1. The molecular weight excluding hydrogens is 240 g/mol. The van der Waals surface area contributed by atoms with Gasteiger partial charge in [0.2, 0.25) is 0 Å². The van der Waals surface area contributed by atoms with E-state index in [1.54, 1.807) is 0 Å². The topological polar surface area (TPSA) is 50.4 Å². The Morgan fingerprint density at radius 1 is 1.59 bits per heavy atom. The number of fused-ring (bicyclic) bond motifs is 1. The molecule has 0 aromatic heterocycles. The summed E-state index contributed by atoms with van der Waals surface area (Å²) in [5.74, 6) is 0.576. The summed E-state index contributed by atoms with van der Waals surface area (Å²) in [6.45, 7) is 4.89. The summed E-state index contributed by atoms with van der Waals surface area (Å²) in [7, 11) is 0. The number of carbonyl (C=O) groups excluding carboxylic acids is 1. The smallest absolute Gasteiger partial charge is 0.262 e. The molecule has 0 aliphatic carbocycles. The van der Waals surface area contributed by atoms with Crippen LogP contribution in [-0.4, -0.2) is 19.1 Å². The first-order chi connectivity index (χ1) is 8.15. The highest BCUT2D eigenvalue weighted by molar-refractivity contribution is 6.29. The van der Waals surface area contributed by atoms with Gasteiger partial charge in [-0.3, -0.25) is 4.79 Å². The van der Waals surface area contributed by atoms with Crippen LogP contribution in [0.5, 0.6) is 5.75 Å². The fourth-order valence-corrected chi connectivity index (χ4v) is 1.68. The normalized spacial score (nSPS) is 13.6. The van der Waals surface area contributed by atoms with Crippen molar-refractivity contribution in [2.75, 3.05) is 18.5 Å². The number of anilines is 1. The predicted octanol–water partition coefficient (Wildman–Crippen LogP) is 1.86. The molecule has 2 N–H and O–H groups in total. The van der Waals surface area contributed by atoms with Crippen molar-refractivity contribution in [3.63, 3.8) is 0 Å². The van der Waals surface area contributed by atoms with Gasteiger partial charge in [-0.25, -0.2) is 0 Å². The minimum Gasteiger partial charge on any atom is -0.482 e. The van der Waals surface area contributed by atoms with E-state index >= 15 is 0 Å². The lowest BCUT2D eigenvalue weighted by atomic mass is 10.1. The Morgan fingerprint density at radius 3 is 3.18 bits per heavy atom. The van der Waals surface area contributed by atoms with Crippen LogP contribution in [0.4, 0.5) is 5.69 Å². The molecule has 17 heavy (non-hydrogen) atoms. The quantitative estimate of drug-likeness (QED) is 0.860. The van der Waals surface area contributed by atoms with Crippen LogP contribution in [0.15, 0.2) is 29.8 Å². The van der Waals surface area contributed by atoms with E-state index in [-0.39, 0.29) is 12.5 Å². The summed E-state index contributed by atoms with van der Waals surface area (Å²) in [6.07, 6.45) is 0. The Bertz CT molecular complexity index is 460.